The Hall–Kier alpha value is -2.10. The van der Waals surface area contributed by atoms with Crippen LogP contribution < -0.4 is 10.5 Å². The monoisotopic (exact) mass is 326 g/mol. The van der Waals surface area contributed by atoms with E-state index in [9.17, 15) is 4.79 Å². The van der Waals surface area contributed by atoms with Crippen LogP contribution in [0, 0.1) is 18.3 Å². The van der Waals surface area contributed by atoms with E-state index in [0.29, 0.717) is 30.4 Å². The van der Waals surface area contributed by atoms with Crippen LogP contribution in [-0.2, 0) is 4.79 Å². The van der Waals surface area contributed by atoms with E-state index in [1.807, 2.05) is 45.0 Å². The summed E-state index contributed by atoms with van der Waals surface area (Å²) in [4.78, 5) is 17.1. The Morgan fingerprint density at radius 1 is 1.38 bits per heavy atom. The molecule has 1 aliphatic carbocycles. The topological polar surface area (TPSA) is 65.2 Å². The van der Waals surface area contributed by atoms with Gasteiger partial charge in [-0.15, -0.1) is 0 Å². The molecule has 0 unspecified atom stereocenters. The van der Waals surface area contributed by atoms with Crippen LogP contribution in [0.25, 0.3) is 10.9 Å². The minimum Gasteiger partial charge on any atom is -0.492 e. The first-order valence-corrected chi connectivity index (χ1v) is 8.69. The number of pyridine rings is 1. The van der Waals surface area contributed by atoms with Gasteiger partial charge in [-0.1, -0.05) is 25.3 Å². The number of benzene rings is 1. The number of carbonyl (C=O) groups excluding carboxylic acids is 1. The van der Waals surface area contributed by atoms with E-state index in [4.69, 9.17) is 10.5 Å². The van der Waals surface area contributed by atoms with Gasteiger partial charge < -0.3 is 10.5 Å². The van der Waals surface area contributed by atoms with Gasteiger partial charge in [-0.2, -0.15) is 0 Å². The Morgan fingerprint density at radius 3 is 2.79 bits per heavy atom. The first-order valence-electron chi connectivity index (χ1n) is 8.69. The molecule has 0 aliphatic heterocycles. The Morgan fingerprint density at radius 2 is 2.12 bits per heavy atom. The third-order valence-corrected chi connectivity index (χ3v) is 5.00. The van der Waals surface area contributed by atoms with E-state index in [0.717, 1.165) is 16.6 Å². The van der Waals surface area contributed by atoms with Gasteiger partial charge in [0.1, 0.15) is 18.1 Å². The van der Waals surface area contributed by atoms with Crippen molar-refractivity contribution < 1.29 is 9.53 Å². The molecule has 0 amide bonds. The predicted molar refractivity (Wildman–Crippen MR) is 97.1 cm³/mol. The van der Waals surface area contributed by atoms with Gasteiger partial charge in [0.05, 0.1) is 16.3 Å². The summed E-state index contributed by atoms with van der Waals surface area (Å²) in [6.45, 7) is 6.20. The maximum absolute atomic E-state index is 12.5. The molecule has 1 saturated carbocycles. The van der Waals surface area contributed by atoms with Gasteiger partial charge in [0.15, 0.2) is 0 Å². The molecular weight excluding hydrogens is 300 g/mol. The third-order valence-electron chi connectivity index (χ3n) is 5.00. The normalized spacial score (nSPS) is 15.3. The summed E-state index contributed by atoms with van der Waals surface area (Å²) in [6.07, 6.45) is 4.31. The number of ketones is 1. The van der Waals surface area contributed by atoms with Crippen LogP contribution in [0.15, 0.2) is 24.3 Å². The Labute approximate surface area is 143 Å². The largest absolute Gasteiger partial charge is 0.492 e. The Bertz CT molecular complexity index is 764. The zero-order valence-corrected chi connectivity index (χ0v) is 14.8. The van der Waals surface area contributed by atoms with E-state index in [1.165, 1.54) is 19.3 Å². The lowest BCUT2D eigenvalue weighted by Gasteiger charge is -2.30. The number of aromatic nitrogens is 1. The lowest BCUT2D eigenvalue weighted by molar-refractivity contribution is -0.130. The van der Waals surface area contributed by atoms with Crippen molar-refractivity contribution in [3.63, 3.8) is 0 Å². The van der Waals surface area contributed by atoms with Gasteiger partial charge >= 0.3 is 0 Å². The van der Waals surface area contributed by atoms with Crippen molar-refractivity contribution >= 4 is 22.4 Å². The second-order valence-electron chi connectivity index (χ2n) is 7.60. The number of ether oxygens (including phenoxy) is 1. The van der Waals surface area contributed by atoms with Crippen LogP contribution in [0.2, 0.25) is 0 Å². The minimum atomic E-state index is -0.495. The van der Waals surface area contributed by atoms with E-state index in [-0.39, 0.29) is 5.78 Å². The van der Waals surface area contributed by atoms with Gasteiger partial charge in [0, 0.05) is 17.8 Å². The molecule has 1 aromatic carbocycles. The van der Waals surface area contributed by atoms with E-state index in [1.54, 1.807) is 0 Å². The molecule has 2 N–H and O–H groups in total. The number of hydrogen-bond donors (Lipinski definition) is 1. The number of Topliss-reactive ketones (excluding diaryl/α,β-unsaturated/α-hetero) is 1. The van der Waals surface area contributed by atoms with Crippen molar-refractivity contribution in [1.29, 1.82) is 0 Å². The Balaban J connectivity index is 1.76. The van der Waals surface area contributed by atoms with Crippen molar-refractivity contribution in [2.75, 3.05) is 12.3 Å². The van der Waals surface area contributed by atoms with Crippen LogP contribution >= 0.6 is 0 Å². The zero-order valence-electron chi connectivity index (χ0n) is 14.8. The molecule has 2 aromatic rings. The highest BCUT2D eigenvalue weighted by Gasteiger charge is 2.32. The number of nitrogens with zero attached hydrogens (tertiary/aromatic N) is 1. The first kappa shape index (κ1) is 16.7. The summed E-state index contributed by atoms with van der Waals surface area (Å²) in [5.74, 6) is 1.56. The standard InChI is InChI=1S/C20H26N2O2/c1-13-10-15(21)19-16(22-13)8-5-9-17(19)24-12-20(2,3)18(23)11-14-6-4-7-14/h5,8-10,14H,4,6-7,11-12H2,1-3H3,(H2,21,22). The summed E-state index contributed by atoms with van der Waals surface area (Å²) in [5, 5.41) is 0.824. The molecule has 0 radical (unpaired) electrons. The maximum Gasteiger partial charge on any atom is 0.142 e. The van der Waals surface area contributed by atoms with Gasteiger partial charge in [-0.05, 0) is 44.9 Å². The SMILES string of the molecule is Cc1cc(N)c2c(OCC(C)(C)C(=O)CC3CCC3)cccc2n1. The fraction of sp³-hybridized carbons (Fsp3) is 0.500. The highest BCUT2D eigenvalue weighted by molar-refractivity contribution is 5.95. The molecule has 4 nitrogen and oxygen atoms in total. The molecule has 24 heavy (non-hydrogen) atoms. The van der Waals surface area contributed by atoms with E-state index in [2.05, 4.69) is 4.98 Å². The third kappa shape index (κ3) is 3.37. The smallest absolute Gasteiger partial charge is 0.142 e. The summed E-state index contributed by atoms with van der Waals surface area (Å²) < 4.78 is 6.02. The van der Waals surface area contributed by atoms with Crippen molar-refractivity contribution in [3.8, 4) is 5.75 Å². The van der Waals surface area contributed by atoms with Crippen molar-refractivity contribution in [2.45, 2.75) is 46.5 Å². The number of hydrogen-bond acceptors (Lipinski definition) is 4. The molecule has 1 heterocycles. The summed E-state index contributed by atoms with van der Waals surface area (Å²) >= 11 is 0. The summed E-state index contributed by atoms with van der Waals surface area (Å²) in [7, 11) is 0. The summed E-state index contributed by atoms with van der Waals surface area (Å²) in [5.41, 5.74) is 8.03. The molecule has 0 spiro atoms. The molecule has 0 saturated heterocycles. The highest BCUT2D eigenvalue weighted by atomic mass is 16.5. The molecule has 4 heteroatoms. The number of aryl methyl sites for hydroxylation is 1. The van der Waals surface area contributed by atoms with Gasteiger partial charge in [-0.25, -0.2) is 0 Å². The number of nitrogen functional groups attached to an aromatic ring is 1. The molecule has 1 fully saturated rings. The van der Waals surface area contributed by atoms with Gasteiger partial charge in [0.2, 0.25) is 0 Å². The average Bonchev–Trinajstić information content (AvgIpc) is 2.48. The lowest BCUT2D eigenvalue weighted by atomic mass is 9.76. The summed E-state index contributed by atoms with van der Waals surface area (Å²) in [6, 6.07) is 7.58. The number of rotatable bonds is 6. The van der Waals surface area contributed by atoms with E-state index < -0.39 is 5.41 Å². The van der Waals surface area contributed by atoms with Crippen molar-refractivity contribution in [1.82, 2.24) is 4.98 Å². The predicted octanol–water partition coefficient (Wildman–Crippen LogP) is 4.29. The van der Waals surface area contributed by atoms with Gasteiger partial charge in [-0.3, -0.25) is 9.78 Å². The van der Waals surface area contributed by atoms with Crippen LogP contribution in [0.1, 0.15) is 45.2 Å². The van der Waals surface area contributed by atoms with Crippen LogP contribution in [-0.4, -0.2) is 17.4 Å². The number of fused-ring (bicyclic) bond motifs is 1. The Kier molecular flexibility index (Phi) is 4.48. The first-order chi connectivity index (χ1) is 11.4. The molecular formula is C20H26N2O2. The zero-order chi connectivity index (χ0) is 17.3. The van der Waals surface area contributed by atoms with E-state index >= 15 is 0 Å². The van der Waals surface area contributed by atoms with Crippen molar-refractivity contribution in [3.05, 3.63) is 30.0 Å². The lowest BCUT2D eigenvalue weighted by Crippen LogP contribution is -2.33. The number of nitrogens with two attached hydrogens (primary N) is 1. The highest BCUT2D eigenvalue weighted by Crippen LogP contribution is 2.34. The minimum absolute atomic E-state index is 0.286. The quantitative estimate of drug-likeness (QED) is 0.860. The molecule has 1 aliphatic rings. The molecule has 128 valence electrons. The maximum atomic E-state index is 12.5. The van der Waals surface area contributed by atoms with Crippen LogP contribution in [0.5, 0.6) is 5.75 Å². The van der Waals surface area contributed by atoms with Crippen molar-refractivity contribution in [2.24, 2.45) is 11.3 Å². The van der Waals surface area contributed by atoms with Crippen LogP contribution in [0.3, 0.4) is 0 Å². The number of carbonyl (C=O) groups is 1. The number of anilines is 1. The van der Waals surface area contributed by atoms with Crippen LogP contribution in [0.4, 0.5) is 5.69 Å². The molecule has 3 rings (SSSR count). The molecule has 0 atom stereocenters. The second kappa shape index (κ2) is 6.42. The average molecular weight is 326 g/mol. The van der Waals surface area contributed by atoms with Gasteiger partial charge in [0.25, 0.3) is 0 Å². The second-order valence-corrected chi connectivity index (χ2v) is 7.60. The molecule has 0 bridgehead atoms. The molecule has 1 aromatic heterocycles. The fourth-order valence-electron chi connectivity index (χ4n) is 3.12. The fourth-order valence-corrected chi connectivity index (χ4v) is 3.12.